The summed E-state index contributed by atoms with van der Waals surface area (Å²) in [5, 5.41) is 12.2. The summed E-state index contributed by atoms with van der Waals surface area (Å²) in [4.78, 5) is 2.32. The van der Waals surface area contributed by atoms with E-state index in [1.807, 2.05) is 18.2 Å². The van der Waals surface area contributed by atoms with Crippen molar-refractivity contribution in [1.29, 1.82) is 0 Å². The lowest BCUT2D eigenvalue weighted by atomic mass is 10.0. The van der Waals surface area contributed by atoms with E-state index in [2.05, 4.69) is 197 Å². The van der Waals surface area contributed by atoms with Gasteiger partial charge in [0.25, 0.3) is 0 Å². The molecule has 1 aromatic heterocycles. The molecule has 9 rings (SSSR count). The first-order chi connectivity index (χ1) is 26.2. The first-order valence-electron chi connectivity index (χ1n) is 17.9. The zero-order valence-electron chi connectivity index (χ0n) is 29.1. The Morgan fingerprint density at radius 3 is 1.45 bits per heavy atom. The fourth-order valence-corrected chi connectivity index (χ4v) is 7.30. The van der Waals surface area contributed by atoms with Gasteiger partial charge in [0.15, 0.2) is 6.21 Å². The van der Waals surface area contributed by atoms with Gasteiger partial charge in [0.2, 0.25) is 0 Å². The number of rotatable bonds is 9. The predicted molar refractivity (Wildman–Crippen MR) is 223 cm³/mol. The summed E-state index contributed by atoms with van der Waals surface area (Å²) in [6.45, 7) is 0. The number of hydrogen-bond acceptors (Lipinski definition) is 2. The van der Waals surface area contributed by atoms with Crippen LogP contribution in [0.25, 0.3) is 49.7 Å². The quantitative estimate of drug-likeness (QED) is 0.149. The highest BCUT2D eigenvalue weighted by atomic mass is 15.1. The van der Waals surface area contributed by atoms with Gasteiger partial charge in [0.05, 0.1) is 22.3 Å². The van der Waals surface area contributed by atoms with Crippen LogP contribution < -0.4 is 15.6 Å². The maximum absolute atomic E-state index is 6.25. The molecule has 0 amide bonds. The molecule has 0 fully saturated rings. The molecule has 0 spiro atoms. The number of hydrogen-bond donors (Lipinski definition) is 2. The van der Waals surface area contributed by atoms with Crippen LogP contribution in [-0.4, -0.2) is 10.8 Å². The van der Waals surface area contributed by atoms with Crippen molar-refractivity contribution in [2.45, 2.75) is 0 Å². The largest absolute Gasteiger partial charge is 0.355 e. The average Bonchev–Trinajstić information content (AvgIpc) is 3.55. The highest BCUT2D eigenvalue weighted by molar-refractivity contribution is 6.12. The summed E-state index contributed by atoms with van der Waals surface area (Å²) in [6.07, 6.45) is 1.68. The molecule has 252 valence electrons. The molecule has 4 heteroatoms. The Morgan fingerprint density at radius 2 is 0.906 bits per heavy atom. The zero-order valence-corrected chi connectivity index (χ0v) is 29.1. The highest BCUT2D eigenvalue weighted by Gasteiger charge is 2.18. The molecule has 0 unspecified atom stereocenters. The molecule has 53 heavy (non-hydrogen) atoms. The van der Waals surface area contributed by atoms with Crippen LogP contribution in [0, 0.1) is 0 Å². The van der Waals surface area contributed by atoms with E-state index in [-0.39, 0.29) is 0 Å². The second kappa shape index (κ2) is 13.9. The van der Waals surface area contributed by atoms with Crippen LogP contribution >= 0.6 is 0 Å². The van der Waals surface area contributed by atoms with Crippen LogP contribution in [0.5, 0.6) is 0 Å². The third kappa shape index (κ3) is 6.13. The molecule has 4 nitrogen and oxygen atoms in total. The number of nitrogens with two attached hydrogens (primary N) is 1. The van der Waals surface area contributed by atoms with Gasteiger partial charge < -0.3 is 14.8 Å². The number of fused-ring (bicyclic) bond motifs is 3. The van der Waals surface area contributed by atoms with Gasteiger partial charge in [0, 0.05) is 39.2 Å². The molecule has 3 N–H and O–H groups in total. The lowest BCUT2D eigenvalue weighted by Gasteiger charge is -2.26. The van der Waals surface area contributed by atoms with Crippen molar-refractivity contribution in [3.05, 3.63) is 206 Å². The minimum atomic E-state index is 0.936. The first-order valence-corrected chi connectivity index (χ1v) is 17.9. The summed E-state index contributed by atoms with van der Waals surface area (Å²) < 4.78 is 2.33. The lowest BCUT2D eigenvalue weighted by Crippen LogP contribution is -2.30. The second-order valence-electron chi connectivity index (χ2n) is 13.1. The van der Waals surface area contributed by atoms with Crippen LogP contribution in [-0.2, 0) is 0 Å². The monoisotopic (exact) mass is 681 g/mol. The van der Waals surface area contributed by atoms with Crippen molar-refractivity contribution in [1.82, 2.24) is 4.57 Å². The Kier molecular flexibility index (Phi) is 8.31. The van der Waals surface area contributed by atoms with Crippen molar-refractivity contribution >= 4 is 56.5 Å². The van der Waals surface area contributed by atoms with Gasteiger partial charge in [-0.15, -0.1) is 0 Å². The van der Waals surface area contributed by atoms with E-state index in [9.17, 15) is 0 Å². The van der Waals surface area contributed by atoms with Crippen molar-refractivity contribution in [3.8, 4) is 27.9 Å². The molecule has 0 radical (unpaired) electrons. The average molecular weight is 682 g/mol. The number of nitrogens with zero attached hydrogens (tertiary/aromatic N) is 2. The standard InChI is InChI=1S/C49H36N4/c50-34-39-32-49-46(33-47(39)51-40-16-8-3-9-17-40)45-18-10-11-19-48(45)53(49)44-30-28-43(29-31-44)52(41-24-20-37(21-25-41)35-12-4-1-5-13-35)42-26-22-38(23-27-42)36-14-6-2-7-15-36/h1-34,50-51H/p+1. The van der Waals surface area contributed by atoms with Gasteiger partial charge in [-0.25, -0.2) is 0 Å². The summed E-state index contributed by atoms with van der Waals surface area (Å²) in [6, 6.07) is 70.7. The first kappa shape index (κ1) is 31.8. The summed E-state index contributed by atoms with van der Waals surface area (Å²) >= 11 is 0. The molecule has 0 aliphatic carbocycles. The zero-order chi connectivity index (χ0) is 35.6. The summed E-state index contributed by atoms with van der Waals surface area (Å²) in [7, 11) is 0. The fourth-order valence-electron chi connectivity index (χ4n) is 7.30. The molecule has 9 aromatic rings. The van der Waals surface area contributed by atoms with Crippen LogP contribution in [0.2, 0.25) is 0 Å². The number of para-hydroxylation sites is 2. The molecular weight excluding hydrogens is 645 g/mol. The van der Waals surface area contributed by atoms with Crippen molar-refractivity contribution < 1.29 is 5.41 Å². The van der Waals surface area contributed by atoms with E-state index < -0.39 is 0 Å². The van der Waals surface area contributed by atoms with E-state index in [0.717, 1.165) is 56.1 Å². The maximum atomic E-state index is 6.25. The fraction of sp³-hybridized carbons (Fsp3) is 0. The molecule has 0 saturated carbocycles. The van der Waals surface area contributed by atoms with Crippen molar-refractivity contribution in [2.24, 2.45) is 0 Å². The molecule has 0 saturated heterocycles. The molecule has 0 aliphatic rings. The van der Waals surface area contributed by atoms with Gasteiger partial charge >= 0.3 is 0 Å². The SMILES string of the molecule is [NH2+]=Cc1cc2c(cc1Nc1ccccc1)c1ccccc1n2-c1ccc(N(c2ccc(-c3ccccc3)cc2)c2ccc(-c3ccccc3)cc2)cc1. The number of aromatic nitrogens is 1. The van der Waals surface area contributed by atoms with Crippen LogP contribution in [0.4, 0.5) is 28.4 Å². The summed E-state index contributed by atoms with van der Waals surface area (Å²) in [5.74, 6) is 0. The van der Waals surface area contributed by atoms with Gasteiger partial charge in [-0.3, -0.25) is 5.41 Å². The smallest absolute Gasteiger partial charge is 0.169 e. The third-order valence-corrected chi connectivity index (χ3v) is 9.91. The van der Waals surface area contributed by atoms with Gasteiger partial charge in [0.1, 0.15) is 0 Å². The van der Waals surface area contributed by atoms with E-state index in [0.29, 0.717) is 0 Å². The maximum Gasteiger partial charge on any atom is 0.169 e. The Balaban J connectivity index is 1.13. The normalized spacial score (nSPS) is 11.1. The Labute approximate surface area is 309 Å². The lowest BCUT2D eigenvalue weighted by molar-refractivity contribution is -0.104. The Bertz CT molecular complexity index is 2580. The van der Waals surface area contributed by atoms with Crippen molar-refractivity contribution in [3.63, 3.8) is 0 Å². The number of anilines is 5. The molecule has 8 aromatic carbocycles. The third-order valence-electron chi connectivity index (χ3n) is 9.91. The topological polar surface area (TPSA) is 45.8 Å². The highest BCUT2D eigenvalue weighted by Crippen LogP contribution is 2.39. The molecular formula is C49H37N4+. The minimum Gasteiger partial charge on any atom is -0.355 e. The van der Waals surface area contributed by atoms with Crippen LogP contribution in [0.15, 0.2) is 200 Å². The number of benzene rings is 8. The van der Waals surface area contributed by atoms with E-state index in [1.54, 1.807) is 6.21 Å². The van der Waals surface area contributed by atoms with E-state index in [4.69, 9.17) is 5.41 Å². The molecule has 0 bridgehead atoms. The molecule has 1 heterocycles. The van der Waals surface area contributed by atoms with Gasteiger partial charge in [-0.2, -0.15) is 0 Å². The molecule has 0 atom stereocenters. The predicted octanol–water partition coefficient (Wildman–Crippen LogP) is 11.5. The van der Waals surface area contributed by atoms with Crippen molar-refractivity contribution in [2.75, 3.05) is 10.2 Å². The summed E-state index contributed by atoms with van der Waals surface area (Å²) in [5.41, 5.74) is 14.2. The van der Waals surface area contributed by atoms with E-state index in [1.165, 1.54) is 27.6 Å². The minimum absolute atomic E-state index is 0.936. The van der Waals surface area contributed by atoms with Crippen LogP contribution in [0.1, 0.15) is 5.56 Å². The Hall–Kier alpha value is -7.17. The van der Waals surface area contributed by atoms with Gasteiger partial charge in [-0.05, 0) is 101 Å². The second-order valence-corrected chi connectivity index (χ2v) is 13.1. The Morgan fingerprint density at radius 1 is 0.434 bits per heavy atom. The molecule has 0 aliphatic heterocycles. The van der Waals surface area contributed by atoms with Crippen LogP contribution in [0.3, 0.4) is 0 Å². The van der Waals surface area contributed by atoms with E-state index >= 15 is 0 Å². The number of nitrogens with one attached hydrogen (secondary N) is 1. The van der Waals surface area contributed by atoms with Gasteiger partial charge in [-0.1, -0.05) is 121 Å².